The van der Waals surface area contributed by atoms with Gasteiger partial charge in [-0.15, -0.1) is 0 Å². The van der Waals surface area contributed by atoms with E-state index in [4.69, 9.17) is 31.5 Å². The van der Waals surface area contributed by atoms with Crippen LogP contribution < -0.4 is 19.9 Å². The first-order chi connectivity index (χ1) is 12.3. The molecule has 0 aliphatic heterocycles. The van der Waals surface area contributed by atoms with Crippen molar-refractivity contribution in [1.29, 1.82) is 0 Å². The SMILES string of the molecule is COc1cc(CC(C)=Nc2c(C)nc(F)nc2N)c(Cl)c(OC)c1OC. The van der Waals surface area contributed by atoms with Crippen LogP contribution in [0.3, 0.4) is 0 Å². The fourth-order valence-electron chi connectivity index (χ4n) is 2.50. The summed E-state index contributed by atoms with van der Waals surface area (Å²) in [6.07, 6.45) is -0.504. The zero-order chi connectivity index (χ0) is 19.4. The number of hydrogen-bond donors (Lipinski definition) is 1. The van der Waals surface area contributed by atoms with Crippen molar-refractivity contribution >= 4 is 28.8 Å². The molecule has 0 unspecified atom stereocenters. The Kier molecular flexibility index (Phi) is 6.20. The molecule has 7 nitrogen and oxygen atoms in total. The first-order valence-corrected chi connectivity index (χ1v) is 8.01. The van der Waals surface area contributed by atoms with E-state index in [9.17, 15) is 4.39 Å². The third-order valence-electron chi connectivity index (χ3n) is 3.65. The number of methoxy groups -OCH3 is 3. The second kappa shape index (κ2) is 8.18. The van der Waals surface area contributed by atoms with Gasteiger partial charge in [0.2, 0.25) is 5.75 Å². The maximum atomic E-state index is 13.2. The summed E-state index contributed by atoms with van der Waals surface area (Å²) in [5.41, 5.74) is 7.82. The van der Waals surface area contributed by atoms with Gasteiger partial charge in [0.1, 0.15) is 5.69 Å². The Labute approximate surface area is 156 Å². The number of aliphatic imine (C=N–C) groups is 1. The van der Waals surface area contributed by atoms with Crippen molar-refractivity contribution in [1.82, 2.24) is 9.97 Å². The monoisotopic (exact) mass is 382 g/mol. The maximum absolute atomic E-state index is 13.2. The Morgan fingerprint density at radius 2 is 1.85 bits per heavy atom. The highest BCUT2D eigenvalue weighted by atomic mass is 35.5. The summed E-state index contributed by atoms with van der Waals surface area (Å²) in [4.78, 5) is 11.6. The molecular formula is C17H20ClFN4O3. The van der Waals surface area contributed by atoms with Crippen molar-refractivity contribution in [2.24, 2.45) is 4.99 Å². The molecule has 0 atom stereocenters. The molecule has 2 aromatic rings. The number of halogens is 2. The van der Waals surface area contributed by atoms with E-state index in [2.05, 4.69) is 15.0 Å². The topological polar surface area (TPSA) is 91.9 Å². The molecule has 0 amide bonds. The van der Waals surface area contributed by atoms with Crippen molar-refractivity contribution in [3.63, 3.8) is 0 Å². The Hall–Kier alpha value is -2.61. The highest BCUT2D eigenvalue weighted by molar-refractivity contribution is 6.33. The van der Waals surface area contributed by atoms with Crippen LogP contribution in [0.2, 0.25) is 5.02 Å². The molecule has 0 radical (unpaired) electrons. The van der Waals surface area contributed by atoms with Crippen LogP contribution in [-0.4, -0.2) is 37.0 Å². The van der Waals surface area contributed by atoms with Gasteiger partial charge in [-0.25, -0.2) is 4.98 Å². The quantitative estimate of drug-likeness (QED) is 0.607. The molecule has 0 aliphatic carbocycles. The number of nitrogens with two attached hydrogens (primary N) is 1. The second-order valence-corrected chi connectivity index (χ2v) is 5.83. The fourth-order valence-corrected chi connectivity index (χ4v) is 2.78. The molecule has 2 N–H and O–H groups in total. The number of rotatable bonds is 6. The van der Waals surface area contributed by atoms with E-state index in [0.717, 1.165) is 5.56 Å². The van der Waals surface area contributed by atoms with Gasteiger partial charge in [0.25, 0.3) is 0 Å². The van der Waals surface area contributed by atoms with E-state index < -0.39 is 6.08 Å². The van der Waals surface area contributed by atoms with E-state index in [1.807, 2.05) is 0 Å². The van der Waals surface area contributed by atoms with Crippen molar-refractivity contribution < 1.29 is 18.6 Å². The van der Waals surface area contributed by atoms with Gasteiger partial charge in [-0.05, 0) is 25.5 Å². The van der Waals surface area contributed by atoms with Crippen molar-refractivity contribution in [3.8, 4) is 17.2 Å². The molecule has 1 aromatic carbocycles. The van der Waals surface area contributed by atoms with E-state index in [1.54, 1.807) is 19.9 Å². The van der Waals surface area contributed by atoms with Gasteiger partial charge in [0.05, 0.1) is 32.0 Å². The minimum absolute atomic E-state index is 0.0228. The molecule has 9 heteroatoms. The summed E-state index contributed by atoms with van der Waals surface area (Å²) >= 11 is 6.44. The Morgan fingerprint density at radius 3 is 2.38 bits per heavy atom. The normalized spacial score (nSPS) is 11.4. The van der Waals surface area contributed by atoms with E-state index in [1.165, 1.54) is 21.3 Å². The molecule has 0 saturated heterocycles. The standard InChI is InChI=1S/C17H20ClFN4O3/c1-8(21-13-9(2)22-17(19)23-16(13)20)6-10-7-11(24-3)14(25-4)15(26-5)12(10)18/h7H,6H2,1-5H3,(H2,20,22,23). The lowest BCUT2D eigenvalue weighted by atomic mass is 10.1. The van der Waals surface area contributed by atoms with E-state index in [-0.39, 0.29) is 5.82 Å². The minimum Gasteiger partial charge on any atom is -0.493 e. The number of nitrogens with zero attached hydrogens (tertiary/aromatic N) is 3. The Morgan fingerprint density at radius 1 is 1.19 bits per heavy atom. The predicted octanol–water partition coefficient (Wildman–Crippen LogP) is 3.52. The van der Waals surface area contributed by atoms with Crippen molar-refractivity contribution in [2.45, 2.75) is 20.3 Å². The summed E-state index contributed by atoms with van der Waals surface area (Å²) in [6, 6.07) is 1.75. The molecule has 0 bridgehead atoms. The highest BCUT2D eigenvalue weighted by Gasteiger charge is 2.20. The highest BCUT2D eigenvalue weighted by Crippen LogP contribution is 2.44. The molecule has 0 aliphatic rings. The first kappa shape index (κ1) is 19.7. The largest absolute Gasteiger partial charge is 0.493 e. The summed E-state index contributed by atoms with van der Waals surface area (Å²) in [5, 5.41) is 0.389. The van der Waals surface area contributed by atoms with E-state index >= 15 is 0 Å². The van der Waals surface area contributed by atoms with Crippen LogP contribution in [0.1, 0.15) is 18.2 Å². The minimum atomic E-state index is -0.885. The number of anilines is 1. The zero-order valence-corrected chi connectivity index (χ0v) is 15.9. The predicted molar refractivity (Wildman–Crippen MR) is 98.7 cm³/mol. The molecular weight excluding hydrogens is 363 g/mol. The van der Waals surface area contributed by atoms with Gasteiger partial charge in [-0.3, -0.25) is 4.99 Å². The number of aryl methyl sites for hydroxylation is 1. The van der Waals surface area contributed by atoms with E-state index in [0.29, 0.717) is 45.8 Å². The number of benzene rings is 1. The van der Waals surface area contributed by atoms with Crippen LogP contribution in [-0.2, 0) is 6.42 Å². The molecule has 140 valence electrons. The lowest BCUT2D eigenvalue weighted by molar-refractivity contribution is 0.324. The molecule has 1 heterocycles. The number of aromatic nitrogens is 2. The molecule has 0 saturated carbocycles. The van der Waals surface area contributed by atoms with Crippen molar-refractivity contribution in [3.05, 3.63) is 28.4 Å². The van der Waals surface area contributed by atoms with Gasteiger partial charge in [0.15, 0.2) is 17.3 Å². The van der Waals surface area contributed by atoms with Crippen LogP contribution in [0.4, 0.5) is 15.9 Å². The van der Waals surface area contributed by atoms with Gasteiger partial charge in [-0.2, -0.15) is 9.37 Å². The molecule has 1 aromatic heterocycles. The van der Waals surface area contributed by atoms with Crippen LogP contribution in [0.5, 0.6) is 17.2 Å². The van der Waals surface area contributed by atoms with Crippen LogP contribution in [0.25, 0.3) is 0 Å². The molecule has 0 fully saturated rings. The maximum Gasteiger partial charge on any atom is 0.310 e. The fraction of sp³-hybridized carbons (Fsp3) is 0.353. The molecule has 2 rings (SSSR count). The smallest absolute Gasteiger partial charge is 0.310 e. The van der Waals surface area contributed by atoms with Crippen LogP contribution in [0, 0.1) is 13.0 Å². The average Bonchev–Trinajstić information content (AvgIpc) is 2.59. The third-order valence-corrected chi connectivity index (χ3v) is 4.07. The number of ether oxygens (including phenoxy) is 3. The Bertz CT molecular complexity index is 835. The molecule has 0 spiro atoms. The van der Waals surface area contributed by atoms with Crippen LogP contribution >= 0.6 is 11.6 Å². The number of nitrogen functional groups attached to an aromatic ring is 1. The zero-order valence-electron chi connectivity index (χ0n) is 15.2. The lowest BCUT2D eigenvalue weighted by Crippen LogP contribution is -2.04. The van der Waals surface area contributed by atoms with Gasteiger partial charge in [-0.1, -0.05) is 11.6 Å². The average molecular weight is 383 g/mol. The first-order valence-electron chi connectivity index (χ1n) is 7.63. The summed E-state index contributed by atoms with van der Waals surface area (Å²) in [6.45, 7) is 3.40. The van der Waals surface area contributed by atoms with Crippen LogP contribution in [0.15, 0.2) is 11.1 Å². The van der Waals surface area contributed by atoms with Gasteiger partial charge < -0.3 is 19.9 Å². The second-order valence-electron chi connectivity index (χ2n) is 5.45. The lowest BCUT2D eigenvalue weighted by Gasteiger charge is -2.16. The number of hydrogen-bond acceptors (Lipinski definition) is 7. The van der Waals surface area contributed by atoms with Gasteiger partial charge >= 0.3 is 6.08 Å². The van der Waals surface area contributed by atoms with Gasteiger partial charge in [0, 0.05) is 12.1 Å². The summed E-state index contributed by atoms with van der Waals surface area (Å²) in [5.74, 6) is 1.24. The summed E-state index contributed by atoms with van der Waals surface area (Å²) < 4.78 is 29.2. The Balaban J connectivity index is 2.45. The molecule has 26 heavy (non-hydrogen) atoms. The van der Waals surface area contributed by atoms with Crippen molar-refractivity contribution in [2.75, 3.05) is 27.1 Å². The third kappa shape index (κ3) is 3.96. The summed E-state index contributed by atoms with van der Waals surface area (Å²) in [7, 11) is 4.52.